The second kappa shape index (κ2) is 5.98. The minimum Gasteiger partial charge on any atom is -0.179 e. The van der Waals surface area contributed by atoms with Crippen molar-refractivity contribution in [1.29, 1.82) is 0 Å². The molecule has 62 valence electrons. The summed E-state index contributed by atoms with van der Waals surface area (Å²) in [6.45, 7) is 0. The predicted molar refractivity (Wildman–Crippen MR) is 62.0 cm³/mol. The van der Waals surface area contributed by atoms with Gasteiger partial charge in [-0.1, -0.05) is 12.8 Å². The van der Waals surface area contributed by atoms with Gasteiger partial charge in [-0.05, 0) is 18.6 Å². The average Bonchev–Trinajstić information content (AvgIpc) is 1.78. The number of thiol groups is 4. The van der Waals surface area contributed by atoms with E-state index in [-0.39, 0.29) is 0 Å². The summed E-state index contributed by atoms with van der Waals surface area (Å²) in [6, 6.07) is 0. The van der Waals surface area contributed by atoms with Crippen molar-refractivity contribution in [3.63, 3.8) is 0 Å². The number of unbranched alkanes of at least 4 members (excludes halogenated alkanes) is 2. The van der Waals surface area contributed by atoms with Gasteiger partial charge in [0.1, 0.15) is 0 Å². The fraction of sp³-hybridized carbons (Fsp3) is 1.00. The minimum absolute atomic E-state index is 0.392. The van der Waals surface area contributed by atoms with E-state index in [4.69, 9.17) is 0 Å². The normalized spacial score (nSPS) is 12.0. The van der Waals surface area contributed by atoms with Crippen molar-refractivity contribution < 1.29 is 0 Å². The minimum atomic E-state index is -0.392. The van der Waals surface area contributed by atoms with Crippen LogP contribution in [0.4, 0.5) is 0 Å². The van der Waals surface area contributed by atoms with Crippen LogP contribution in [-0.2, 0) is 0 Å². The Balaban J connectivity index is 3.04. The van der Waals surface area contributed by atoms with Crippen LogP contribution in [0.15, 0.2) is 0 Å². The predicted octanol–water partition coefficient (Wildman–Crippen LogP) is 2.92. The summed E-state index contributed by atoms with van der Waals surface area (Å²) in [5.74, 6) is 0.971. The number of rotatable bonds is 5. The molecule has 0 unspecified atom stereocenters. The zero-order valence-corrected chi connectivity index (χ0v) is 9.40. The van der Waals surface area contributed by atoms with Crippen molar-refractivity contribution in [2.45, 2.75) is 29.1 Å². The Morgan fingerprint density at radius 3 is 1.90 bits per heavy atom. The van der Waals surface area contributed by atoms with Crippen molar-refractivity contribution in [2.75, 3.05) is 5.75 Å². The second-order valence-electron chi connectivity index (χ2n) is 2.31. The van der Waals surface area contributed by atoms with E-state index in [1.165, 1.54) is 12.8 Å². The highest BCUT2D eigenvalue weighted by Crippen LogP contribution is 2.30. The molecular formula is C6H14S4. The van der Waals surface area contributed by atoms with Crippen LogP contribution < -0.4 is 0 Å². The molecule has 0 heterocycles. The highest BCUT2D eigenvalue weighted by molar-refractivity contribution is 8.16. The molecule has 0 saturated carbocycles. The lowest BCUT2D eigenvalue weighted by Gasteiger charge is -2.13. The van der Waals surface area contributed by atoms with Crippen molar-refractivity contribution in [2.24, 2.45) is 0 Å². The summed E-state index contributed by atoms with van der Waals surface area (Å²) in [5, 5.41) is 0. The van der Waals surface area contributed by atoms with Gasteiger partial charge < -0.3 is 0 Å². The van der Waals surface area contributed by atoms with E-state index in [1.807, 2.05) is 0 Å². The topological polar surface area (TPSA) is 0 Å². The van der Waals surface area contributed by atoms with E-state index in [1.54, 1.807) is 0 Å². The zero-order valence-electron chi connectivity index (χ0n) is 5.82. The molecule has 0 N–H and O–H groups in total. The SMILES string of the molecule is SCCCCCC(S)(S)S. The molecule has 10 heavy (non-hydrogen) atoms. The maximum absolute atomic E-state index is 4.17. The molecule has 0 rings (SSSR count). The molecule has 0 amide bonds. The van der Waals surface area contributed by atoms with Gasteiger partial charge in [-0.15, -0.1) is 0 Å². The maximum atomic E-state index is 4.17. The van der Waals surface area contributed by atoms with Gasteiger partial charge >= 0.3 is 0 Å². The first kappa shape index (κ1) is 11.4. The van der Waals surface area contributed by atoms with Crippen molar-refractivity contribution in [1.82, 2.24) is 0 Å². The molecule has 4 heteroatoms. The number of hydrogen-bond acceptors (Lipinski definition) is 4. The van der Waals surface area contributed by atoms with Crippen LogP contribution in [0.25, 0.3) is 0 Å². The molecule has 0 aromatic rings. The molecule has 0 aliphatic heterocycles. The van der Waals surface area contributed by atoms with Gasteiger partial charge in [0.25, 0.3) is 0 Å². The largest absolute Gasteiger partial charge is 0.179 e. The first-order chi connectivity index (χ1) is 4.56. The second-order valence-corrected chi connectivity index (χ2v) is 6.10. The molecule has 0 aromatic carbocycles. The Morgan fingerprint density at radius 2 is 1.50 bits per heavy atom. The standard InChI is InChI=1S/C6H14S4/c7-5-3-1-2-4-6(8,9)10/h7-10H,1-5H2. The molecule has 0 aromatic heterocycles. The van der Waals surface area contributed by atoms with Crippen LogP contribution >= 0.6 is 50.5 Å². The molecular weight excluding hydrogens is 200 g/mol. The van der Waals surface area contributed by atoms with E-state index in [0.717, 1.165) is 18.6 Å². The van der Waals surface area contributed by atoms with Crippen molar-refractivity contribution in [3.8, 4) is 0 Å². The Hall–Kier alpha value is 1.40. The van der Waals surface area contributed by atoms with E-state index in [0.29, 0.717) is 0 Å². The summed E-state index contributed by atoms with van der Waals surface area (Å²) in [5.41, 5.74) is 0. The monoisotopic (exact) mass is 214 g/mol. The summed E-state index contributed by atoms with van der Waals surface area (Å²) in [4.78, 5) is 0. The fourth-order valence-corrected chi connectivity index (χ4v) is 1.35. The molecule has 0 fully saturated rings. The van der Waals surface area contributed by atoms with Gasteiger partial charge in [0.05, 0.1) is 3.41 Å². The van der Waals surface area contributed by atoms with Crippen LogP contribution in [0, 0.1) is 0 Å². The first-order valence-corrected chi connectivity index (χ1v) is 5.31. The summed E-state index contributed by atoms with van der Waals surface area (Å²) in [7, 11) is 0. The maximum Gasteiger partial charge on any atom is 0.0980 e. The molecule has 0 atom stereocenters. The Morgan fingerprint density at radius 1 is 0.900 bits per heavy atom. The third kappa shape index (κ3) is 9.40. The van der Waals surface area contributed by atoms with Crippen LogP contribution in [0.5, 0.6) is 0 Å². The fourth-order valence-electron chi connectivity index (χ4n) is 0.651. The Labute approximate surface area is 85.2 Å². The molecule has 0 bridgehead atoms. The zero-order chi connectivity index (χ0) is 8.04. The lowest BCUT2D eigenvalue weighted by Crippen LogP contribution is -2.01. The Bertz CT molecular complexity index is 76.3. The smallest absolute Gasteiger partial charge is 0.0980 e. The highest BCUT2D eigenvalue weighted by Gasteiger charge is 2.11. The van der Waals surface area contributed by atoms with Crippen LogP contribution in [-0.4, -0.2) is 9.16 Å². The summed E-state index contributed by atoms with van der Waals surface area (Å²) >= 11 is 16.6. The third-order valence-corrected chi connectivity index (χ3v) is 2.16. The molecule has 0 saturated heterocycles. The third-order valence-electron chi connectivity index (χ3n) is 1.17. The van der Waals surface area contributed by atoms with E-state index in [2.05, 4.69) is 50.5 Å². The molecule has 0 aliphatic rings. The first-order valence-electron chi connectivity index (χ1n) is 3.34. The van der Waals surface area contributed by atoms with Crippen molar-refractivity contribution in [3.05, 3.63) is 0 Å². The van der Waals surface area contributed by atoms with E-state index in [9.17, 15) is 0 Å². The van der Waals surface area contributed by atoms with Gasteiger partial charge in [0.15, 0.2) is 0 Å². The van der Waals surface area contributed by atoms with Gasteiger partial charge in [-0.25, -0.2) is 0 Å². The molecule has 0 nitrogen and oxygen atoms in total. The van der Waals surface area contributed by atoms with Gasteiger partial charge in [-0.3, -0.25) is 0 Å². The van der Waals surface area contributed by atoms with Crippen LogP contribution in [0.1, 0.15) is 25.7 Å². The average molecular weight is 214 g/mol. The molecule has 0 spiro atoms. The quantitative estimate of drug-likeness (QED) is 0.302. The van der Waals surface area contributed by atoms with Crippen LogP contribution in [0.2, 0.25) is 0 Å². The van der Waals surface area contributed by atoms with Gasteiger partial charge in [-0.2, -0.15) is 50.5 Å². The summed E-state index contributed by atoms with van der Waals surface area (Å²) < 4.78 is -0.392. The lowest BCUT2D eigenvalue weighted by molar-refractivity contribution is 0.694. The highest BCUT2D eigenvalue weighted by atomic mass is 32.2. The number of hydrogen-bond donors (Lipinski definition) is 4. The molecule has 0 radical (unpaired) electrons. The van der Waals surface area contributed by atoms with Crippen LogP contribution in [0.3, 0.4) is 0 Å². The van der Waals surface area contributed by atoms with E-state index >= 15 is 0 Å². The molecule has 0 aliphatic carbocycles. The summed E-state index contributed by atoms with van der Waals surface area (Å²) in [6.07, 6.45) is 4.45. The lowest BCUT2D eigenvalue weighted by atomic mass is 10.2. The van der Waals surface area contributed by atoms with Gasteiger partial charge in [0, 0.05) is 0 Å². The van der Waals surface area contributed by atoms with Crippen molar-refractivity contribution >= 4 is 50.5 Å². The van der Waals surface area contributed by atoms with Gasteiger partial charge in [0.2, 0.25) is 0 Å². The van der Waals surface area contributed by atoms with E-state index < -0.39 is 3.41 Å². The Kier molecular flexibility index (Phi) is 6.81.